The van der Waals surface area contributed by atoms with Gasteiger partial charge >= 0.3 is 0 Å². The summed E-state index contributed by atoms with van der Waals surface area (Å²) in [5.41, 5.74) is 1.78. The van der Waals surface area contributed by atoms with Gasteiger partial charge in [-0.15, -0.1) is 0 Å². The molecule has 0 spiro atoms. The third kappa shape index (κ3) is 8.01. The number of benzene rings is 3. The molecule has 0 aliphatic heterocycles. The molecule has 0 aliphatic carbocycles. The Bertz CT molecular complexity index is 1480. The monoisotopic (exact) mass is 645 g/mol. The second-order valence-corrected chi connectivity index (χ2v) is 12.6. The van der Waals surface area contributed by atoms with E-state index in [1.807, 2.05) is 45.0 Å². The van der Waals surface area contributed by atoms with Crippen molar-refractivity contribution in [2.75, 3.05) is 25.1 Å². The quantitative estimate of drug-likeness (QED) is 0.300. The normalized spacial score (nSPS) is 12.0. The molecule has 0 bridgehead atoms. The number of nitrogens with one attached hydrogen (secondary N) is 1. The van der Waals surface area contributed by atoms with Crippen molar-refractivity contribution in [3.8, 4) is 11.5 Å². The van der Waals surface area contributed by atoms with E-state index < -0.39 is 28.5 Å². The van der Waals surface area contributed by atoms with Gasteiger partial charge in [-0.1, -0.05) is 45.8 Å². The number of anilines is 1. The van der Waals surface area contributed by atoms with Crippen molar-refractivity contribution in [1.82, 2.24) is 10.2 Å². The molecule has 0 aliphatic rings. The predicted molar refractivity (Wildman–Crippen MR) is 163 cm³/mol. The van der Waals surface area contributed by atoms with Gasteiger partial charge in [0, 0.05) is 23.1 Å². The predicted octanol–water partition coefficient (Wildman–Crippen LogP) is 4.91. The van der Waals surface area contributed by atoms with Gasteiger partial charge in [0.15, 0.2) is 0 Å². The Morgan fingerprint density at radius 1 is 0.951 bits per heavy atom. The van der Waals surface area contributed by atoms with Gasteiger partial charge < -0.3 is 19.7 Å². The van der Waals surface area contributed by atoms with Crippen LogP contribution in [0.3, 0.4) is 0 Å². The van der Waals surface area contributed by atoms with E-state index in [2.05, 4.69) is 21.2 Å². The van der Waals surface area contributed by atoms with Crippen LogP contribution >= 0.6 is 15.9 Å². The molecule has 0 radical (unpaired) electrons. The molecule has 2 amide bonds. The number of hydrogen-bond donors (Lipinski definition) is 1. The van der Waals surface area contributed by atoms with Gasteiger partial charge in [0.2, 0.25) is 11.8 Å². The van der Waals surface area contributed by atoms with E-state index in [0.29, 0.717) is 5.75 Å². The number of rotatable bonds is 12. The summed E-state index contributed by atoms with van der Waals surface area (Å²) in [5.74, 6) is -0.307. The Kier molecular flexibility index (Phi) is 10.8. The van der Waals surface area contributed by atoms with Crippen LogP contribution in [0.1, 0.15) is 31.9 Å². The van der Waals surface area contributed by atoms with E-state index >= 15 is 0 Å². The fourth-order valence-electron chi connectivity index (χ4n) is 4.16. The fraction of sp³-hybridized carbons (Fsp3) is 0.333. The Morgan fingerprint density at radius 2 is 1.63 bits per heavy atom. The summed E-state index contributed by atoms with van der Waals surface area (Å²) in [6, 6.07) is 17.4. The minimum Gasteiger partial charge on any atom is -0.497 e. The average Bonchev–Trinajstić information content (AvgIpc) is 2.93. The van der Waals surface area contributed by atoms with Crippen molar-refractivity contribution < 1.29 is 27.5 Å². The average molecular weight is 647 g/mol. The maximum atomic E-state index is 14.1. The van der Waals surface area contributed by atoms with Crippen LogP contribution in [0.2, 0.25) is 0 Å². The first-order valence-corrected chi connectivity index (χ1v) is 15.3. The number of carbonyl (C=O) groups is 2. The van der Waals surface area contributed by atoms with E-state index in [4.69, 9.17) is 9.47 Å². The standard InChI is InChI=1S/C30H36BrN3O6S/c1-20(2)32-30(36)22(4)33(18-23-8-7-9-24(31)16-23)29(35)19-34(27-17-25(39-5)12-15-28(27)40-6)41(37,38)26-13-10-21(3)11-14-26/h7-17,20,22H,18-19H2,1-6H3,(H,32,36)/t22-/m0/s1. The topological polar surface area (TPSA) is 105 Å². The second kappa shape index (κ2) is 13.9. The number of sulfonamides is 1. The minimum atomic E-state index is -4.26. The number of hydrogen-bond acceptors (Lipinski definition) is 6. The molecule has 0 saturated carbocycles. The van der Waals surface area contributed by atoms with Crippen molar-refractivity contribution in [3.05, 3.63) is 82.3 Å². The number of ether oxygens (including phenoxy) is 2. The highest BCUT2D eigenvalue weighted by atomic mass is 79.9. The second-order valence-electron chi connectivity index (χ2n) is 9.85. The molecular weight excluding hydrogens is 610 g/mol. The third-order valence-electron chi connectivity index (χ3n) is 6.38. The van der Waals surface area contributed by atoms with Crippen molar-refractivity contribution in [2.24, 2.45) is 0 Å². The molecule has 0 fully saturated rings. The van der Waals surface area contributed by atoms with Crippen molar-refractivity contribution in [2.45, 2.75) is 51.2 Å². The molecule has 0 saturated heterocycles. The SMILES string of the molecule is COc1ccc(OC)c(N(CC(=O)N(Cc2cccc(Br)c2)[C@@H](C)C(=O)NC(C)C)S(=O)(=O)c2ccc(C)cc2)c1. The Balaban J connectivity index is 2.13. The van der Waals surface area contributed by atoms with Crippen LogP contribution in [-0.2, 0) is 26.2 Å². The van der Waals surface area contributed by atoms with E-state index in [1.54, 1.807) is 31.2 Å². The van der Waals surface area contributed by atoms with E-state index in [9.17, 15) is 18.0 Å². The van der Waals surface area contributed by atoms with Crippen LogP contribution < -0.4 is 19.1 Å². The zero-order valence-electron chi connectivity index (χ0n) is 24.0. The molecule has 3 aromatic carbocycles. The zero-order valence-corrected chi connectivity index (χ0v) is 26.5. The molecule has 9 nitrogen and oxygen atoms in total. The summed E-state index contributed by atoms with van der Waals surface area (Å²) >= 11 is 3.45. The first-order valence-electron chi connectivity index (χ1n) is 13.0. The highest BCUT2D eigenvalue weighted by molar-refractivity contribution is 9.10. The smallest absolute Gasteiger partial charge is 0.264 e. The van der Waals surface area contributed by atoms with Gasteiger partial charge in [0.25, 0.3) is 10.0 Å². The minimum absolute atomic E-state index is 0.00455. The van der Waals surface area contributed by atoms with Crippen LogP contribution in [-0.4, -0.2) is 58.0 Å². The molecule has 3 rings (SSSR count). The molecule has 1 atom stereocenters. The summed E-state index contributed by atoms with van der Waals surface area (Å²) in [4.78, 5) is 28.5. The van der Waals surface area contributed by atoms with Crippen LogP contribution in [0, 0.1) is 6.92 Å². The Labute approximate surface area is 250 Å². The number of nitrogens with zero attached hydrogens (tertiary/aromatic N) is 2. The largest absolute Gasteiger partial charge is 0.497 e. The lowest BCUT2D eigenvalue weighted by Crippen LogP contribution is -2.52. The van der Waals surface area contributed by atoms with Gasteiger partial charge in [0.1, 0.15) is 24.1 Å². The van der Waals surface area contributed by atoms with Crippen LogP contribution in [0.25, 0.3) is 0 Å². The maximum absolute atomic E-state index is 14.1. The third-order valence-corrected chi connectivity index (χ3v) is 8.65. The summed E-state index contributed by atoms with van der Waals surface area (Å²) in [5, 5.41) is 2.84. The number of amides is 2. The van der Waals surface area contributed by atoms with Gasteiger partial charge in [-0.2, -0.15) is 0 Å². The lowest BCUT2D eigenvalue weighted by atomic mass is 10.1. The van der Waals surface area contributed by atoms with Crippen molar-refractivity contribution >= 4 is 43.5 Å². The Morgan fingerprint density at radius 3 is 2.22 bits per heavy atom. The summed E-state index contributed by atoms with van der Waals surface area (Å²) in [6.45, 7) is 6.63. The van der Waals surface area contributed by atoms with Gasteiger partial charge in [-0.05, 0) is 69.7 Å². The molecule has 0 aromatic heterocycles. The van der Waals surface area contributed by atoms with Crippen molar-refractivity contribution in [1.29, 1.82) is 0 Å². The van der Waals surface area contributed by atoms with Crippen LogP contribution in [0.5, 0.6) is 11.5 Å². The van der Waals surface area contributed by atoms with Gasteiger partial charge in [-0.25, -0.2) is 8.42 Å². The zero-order chi connectivity index (χ0) is 30.3. The molecule has 0 unspecified atom stereocenters. The van der Waals surface area contributed by atoms with Crippen LogP contribution in [0.15, 0.2) is 76.1 Å². The number of aryl methyl sites for hydroxylation is 1. The lowest BCUT2D eigenvalue weighted by molar-refractivity contribution is -0.139. The number of halogens is 1. The molecule has 1 N–H and O–H groups in total. The highest BCUT2D eigenvalue weighted by Gasteiger charge is 2.34. The van der Waals surface area contributed by atoms with E-state index in [0.717, 1.165) is 19.9 Å². The highest BCUT2D eigenvalue weighted by Crippen LogP contribution is 2.36. The first-order chi connectivity index (χ1) is 19.4. The van der Waals surface area contributed by atoms with Gasteiger partial charge in [0.05, 0.1) is 24.8 Å². The number of carbonyl (C=O) groups excluding carboxylic acids is 2. The molecule has 220 valence electrons. The first kappa shape index (κ1) is 32.0. The fourth-order valence-corrected chi connectivity index (χ4v) is 6.03. The van der Waals surface area contributed by atoms with E-state index in [1.165, 1.54) is 37.3 Å². The lowest BCUT2D eigenvalue weighted by Gasteiger charge is -2.32. The van der Waals surface area contributed by atoms with Crippen molar-refractivity contribution in [3.63, 3.8) is 0 Å². The van der Waals surface area contributed by atoms with Gasteiger partial charge in [-0.3, -0.25) is 13.9 Å². The summed E-state index contributed by atoms with van der Waals surface area (Å²) in [7, 11) is -1.38. The molecule has 0 heterocycles. The maximum Gasteiger partial charge on any atom is 0.264 e. The van der Waals surface area contributed by atoms with E-state index in [-0.39, 0.29) is 34.8 Å². The molecule has 3 aromatic rings. The summed E-state index contributed by atoms with van der Waals surface area (Å²) in [6.07, 6.45) is 0. The molecule has 11 heteroatoms. The van der Waals surface area contributed by atoms with Crippen LogP contribution in [0.4, 0.5) is 5.69 Å². The number of methoxy groups -OCH3 is 2. The summed E-state index contributed by atoms with van der Waals surface area (Å²) < 4.78 is 40.9. The molecule has 41 heavy (non-hydrogen) atoms. The molecular formula is C30H36BrN3O6S. The Hall–Kier alpha value is -3.57.